The highest BCUT2D eigenvalue weighted by Crippen LogP contribution is 2.40. The van der Waals surface area contributed by atoms with Crippen LogP contribution in [0.5, 0.6) is 0 Å². The SMILES string of the molecule is CCNc1nccc(-c2n[nH]c3nc(N4CCC5(CCOC5)CC4)n(C)c(=O)c23)c1Cl. The van der Waals surface area contributed by atoms with E-state index in [4.69, 9.17) is 21.3 Å². The summed E-state index contributed by atoms with van der Waals surface area (Å²) in [5, 5.41) is 11.3. The van der Waals surface area contributed by atoms with Crippen LogP contribution in [0, 0.1) is 5.41 Å². The quantitative estimate of drug-likeness (QED) is 0.639. The van der Waals surface area contributed by atoms with Crippen LogP contribution in [-0.4, -0.2) is 57.6 Å². The van der Waals surface area contributed by atoms with Crippen LogP contribution in [0.1, 0.15) is 26.2 Å². The summed E-state index contributed by atoms with van der Waals surface area (Å²) in [6, 6.07) is 1.76. The van der Waals surface area contributed by atoms with E-state index in [1.807, 2.05) is 6.92 Å². The zero-order valence-corrected chi connectivity index (χ0v) is 18.5. The molecule has 2 saturated heterocycles. The molecule has 164 valence electrons. The van der Waals surface area contributed by atoms with Gasteiger partial charge in [-0.05, 0) is 37.7 Å². The molecular weight excluding hydrogens is 418 g/mol. The van der Waals surface area contributed by atoms with Gasteiger partial charge in [-0.2, -0.15) is 10.1 Å². The van der Waals surface area contributed by atoms with Crippen LogP contribution in [0.25, 0.3) is 22.3 Å². The van der Waals surface area contributed by atoms with E-state index in [1.165, 1.54) is 0 Å². The molecule has 0 unspecified atom stereocenters. The standard InChI is InChI=1S/C21H26ClN7O2/c1-3-23-18-15(22)13(4-8-24-18)16-14-17(27-26-16)25-20(28(2)19(14)30)29-9-5-21(6-10-29)7-11-31-12-21/h4,8H,3,5-7,9-12H2,1-2H3,(H,23,24)(H,26,27). The van der Waals surface area contributed by atoms with Gasteiger partial charge in [-0.25, -0.2) is 4.98 Å². The summed E-state index contributed by atoms with van der Waals surface area (Å²) in [7, 11) is 1.77. The summed E-state index contributed by atoms with van der Waals surface area (Å²) >= 11 is 6.56. The van der Waals surface area contributed by atoms with Gasteiger partial charge in [0.1, 0.15) is 16.9 Å². The van der Waals surface area contributed by atoms with Crippen molar-refractivity contribution in [3.63, 3.8) is 0 Å². The number of pyridine rings is 1. The van der Waals surface area contributed by atoms with Gasteiger partial charge in [-0.3, -0.25) is 14.5 Å². The van der Waals surface area contributed by atoms with Crippen molar-refractivity contribution in [1.29, 1.82) is 0 Å². The minimum absolute atomic E-state index is 0.147. The van der Waals surface area contributed by atoms with Gasteiger partial charge in [-0.1, -0.05) is 11.6 Å². The molecule has 3 aromatic rings. The Morgan fingerprint density at radius 3 is 2.84 bits per heavy atom. The zero-order chi connectivity index (χ0) is 21.6. The van der Waals surface area contributed by atoms with E-state index in [2.05, 4.69) is 25.4 Å². The van der Waals surface area contributed by atoms with Crippen LogP contribution >= 0.6 is 11.6 Å². The molecule has 5 heterocycles. The van der Waals surface area contributed by atoms with Crippen molar-refractivity contribution in [2.75, 3.05) is 43.1 Å². The fourth-order valence-electron chi connectivity index (χ4n) is 4.67. The number of ether oxygens (including phenoxy) is 1. The molecular formula is C21H26ClN7O2. The van der Waals surface area contributed by atoms with Crippen molar-refractivity contribution in [2.45, 2.75) is 26.2 Å². The number of halogens is 1. The van der Waals surface area contributed by atoms with Crippen molar-refractivity contribution in [3.8, 4) is 11.3 Å². The number of aromatic nitrogens is 5. The molecule has 31 heavy (non-hydrogen) atoms. The molecule has 0 bridgehead atoms. The summed E-state index contributed by atoms with van der Waals surface area (Å²) in [4.78, 5) is 24.6. The topological polar surface area (TPSA) is 101 Å². The average molecular weight is 444 g/mol. The Morgan fingerprint density at radius 1 is 1.32 bits per heavy atom. The molecule has 0 amide bonds. The van der Waals surface area contributed by atoms with Crippen LogP contribution in [-0.2, 0) is 11.8 Å². The predicted octanol–water partition coefficient (Wildman–Crippen LogP) is 2.81. The molecule has 1 spiro atoms. The Morgan fingerprint density at radius 2 is 2.13 bits per heavy atom. The Kier molecular flexibility index (Phi) is 5.10. The van der Waals surface area contributed by atoms with Crippen LogP contribution in [0.2, 0.25) is 5.02 Å². The summed E-state index contributed by atoms with van der Waals surface area (Å²) in [5.74, 6) is 1.23. The van der Waals surface area contributed by atoms with Crippen molar-refractivity contribution in [3.05, 3.63) is 27.6 Å². The molecule has 0 aliphatic carbocycles. The molecule has 2 aliphatic rings. The molecule has 2 fully saturated rings. The maximum atomic E-state index is 13.4. The predicted molar refractivity (Wildman–Crippen MR) is 121 cm³/mol. The number of fused-ring (bicyclic) bond motifs is 1. The summed E-state index contributed by atoms with van der Waals surface area (Å²) in [6.45, 7) is 6.08. The molecule has 0 aromatic carbocycles. The second-order valence-corrected chi connectivity index (χ2v) is 8.79. The van der Waals surface area contributed by atoms with Crippen molar-refractivity contribution in [1.82, 2.24) is 24.7 Å². The molecule has 0 atom stereocenters. The van der Waals surface area contributed by atoms with Gasteiger partial charge in [0, 0.05) is 45.0 Å². The lowest BCUT2D eigenvalue weighted by atomic mass is 9.78. The van der Waals surface area contributed by atoms with E-state index in [-0.39, 0.29) is 5.56 Å². The number of rotatable bonds is 4. The van der Waals surface area contributed by atoms with Crippen molar-refractivity contribution >= 4 is 34.4 Å². The Hall–Kier alpha value is -2.65. The van der Waals surface area contributed by atoms with Gasteiger partial charge < -0.3 is 15.0 Å². The van der Waals surface area contributed by atoms with E-state index in [1.54, 1.807) is 23.9 Å². The fraction of sp³-hybridized carbons (Fsp3) is 0.524. The fourth-order valence-corrected chi connectivity index (χ4v) is 4.94. The van der Waals surface area contributed by atoms with E-state index in [0.29, 0.717) is 51.0 Å². The first-order valence-electron chi connectivity index (χ1n) is 10.7. The number of nitrogens with zero attached hydrogens (tertiary/aromatic N) is 5. The highest BCUT2D eigenvalue weighted by molar-refractivity contribution is 6.35. The Labute approximate surface area is 184 Å². The number of H-pyrrole nitrogens is 1. The summed E-state index contributed by atoms with van der Waals surface area (Å²) in [5.41, 5.74) is 1.75. The molecule has 5 rings (SSSR count). The van der Waals surface area contributed by atoms with E-state index in [0.717, 1.165) is 45.6 Å². The number of aromatic amines is 1. The number of anilines is 2. The zero-order valence-electron chi connectivity index (χ0n) is 17.7. The number of piperidine rings is 1. The van der Waals surface area contributed by atoms with Gasteiger partial charge in [-0.15, -0.1) is 0 Å². The van der Waals surface area contributed by atoms with Crippen molar-refractivity contribution in [2.24, 2.45) is 12.5 Å². The normalized spacial score (nSPS) is 18.2. The Bertz CT molecular complexity index is 1170. The van der Waals surface area contributed by atoms with E-state index in [9.17, 15) is 4.79 Å². The largest absolute Gasteiger partial charge is 0.381 e. The van der Waals surface area contributed by atoms with Gasteiger partial charge >= 0.3 is 0 Å². The first kappa shape index (κ1) is 20.3. The molecule has 9 nitrogen and oxygen atoms in total. The summed E-state index contributed by atoms with van der Waals surface area (Å²) in [6.07, 6.45) is 4.88. The highest BCUT2D eigenvalue weighted by Gasteiger charge is 2.38. The highest BCUT2D eigenvalue weighted by atomic mass is 35.5. The second-order valence-electron chi connectivity index (χ2n) is 8.41. The third kappa shape index (κ3) is 3.36. The van der Waals surface area contributed by atoms with Crippen LogP contribution < -0.4 is 15.8 Å². The first-order chi connectivity index (χ1) is 15.0. The Balaban J connectivity index is 1.52. The monoisotopic (exact) mass is 443 g/mol. The maximum absolute atomic E-state index is 13.4. The lowest BCUT2D eigenvalue weighted by molar-refractivity contribution is 0.133. The molecule has 2 N–H and O–H groups in total. The average Bonchev–Trinajstić information content (AvgIpc) is 3.41. The molecule has 0 saturated carbocycles. The van der Waals surface area contributed by atoms with Crippen molar-refractivity contribution < 1.29 is 4.74 Å². The van der Waals surface area contributed by atoms with Gasteiger partial charge in [0.05, 0.1) is 11.6 Å². The first-order valence-corrected chi connectivity index (χ1v) is 11.1. The third-order valence-corrected chi connectivity index (χ3v) is 6.94. The lowest BCUT2D eigenvalue weighted by Gasteiger charge is -2.39. The van der Waals surface area contributed by atoms with Gasteiger partial charge in [0.25, 0.3) is 5.56 Å². The molecule has 0 radical (unpaired) electrons. The minimum atomic E-state index is -0.147. The van der Waals surface area contributed by atoms with Crippen LogP contribution in [0.3, 0.4) is 0 Å². The third-order valence-electron chi connectivity index (χ3n) is 6.56. The number of hydrogen-bond acceptors (Lipinski definition) is 7. The molecule has 3 aromatic heterocycles. The number of hydrogen-bond donors (Lipinski definition) is 2. The molecule has 2 aliphatic heterocycles. The smallest absolute Gasteiger partial charge is 0.266 e. The van der Waals surface area contributed by atoms with E-state index >= 15 is 0 Å². The van der Waals surface area contributed by atoms with E-state index < -0.39 is 0 Å². The maximum Gasteiger partial charge on any atom is 0.266 e. The van der Waals surface area contributed by atoms with Crippen LogP contribution in [0.15, 0.2) is 17.1 Å². The summed E-state index contributed by atoms with van der Waals surface area (Å²) < 4.78 is 7.25. The molecule has 10 heteroatoms. The van der Waals surface area contributed by atoms with Gasteiger partial charge in [0.15, 0.2) is 5.65 Å². The van der Waals surface area contributed by atoms with Crippen LogP contribution in [0.4, 0.5) is 11.8 Å². The minimum Gasteiger partial charge on any atom is -0.381 e. The lowest BCUT2D eigenvalue weighted by Crippen LogP contribution is -2.43. The second kappa shape index (κ2) is 7.80. The van der Waals surface area contributed by atoms with Gasteiger partial charge in [0.2, 0.25) is 5.95 Å². The number of nitrogens with one attached hydrogen (secondary N) is 2.